The Morgan fingerprint density at radius 2 is 1.69 bits per heavy atom. The van der Waals surface area contributed by atoms with E-state index in [0.29, 0.717) is 5.95 Å². The monoisotopic (exact) mass is 215 g/mol. The largest absolute Gasteiger partial charge is 0.357 e. The Labute approximate surface area is 96.6 Å². The molecule has 3 heteroatoms. The maximum absolute atomic E-state index is 4.34. The predicted molar refractivity (Wildman–Crippen MR) is 68.4 cm³/mol. The van der Waals surface area contributed by atoms with Crippen molar-refractivity contribution in [3.63, 3.8) is 0 Å². The fraction of sp³-hybridized carbons (Fsp3) is 0.231. The van der Waals surface area contributed by atoms with E-state index in [1.54, 1.807) is 6.20 Å². The fourth-order valence-electron chi connectivity index (χ4n) is 1.25. The van der Waals surface area contributed by atoms with Crippen molar-refractivity contribution in [2.75, 3.05) is 12.4 Å². The zero-order chi connectivity index (χ0) is 11.8. The highest BCUT2D eigenvalue weighted by atomic mass is 15.1. The molecule has 84 valence electrons. The molecular formula is C13H17N3. The van der Waals surface area contributed by atoms with E-state index in [0.717, 1.165) is 11.3 Å². The Bertz CT molecular complexity index is 413. The van der Waals surface area contributed by atoms with Crippen LogP contribution in [0.2, 0.25) is 0 Å². The molecule has 16 heavy (non-hydrogen) atoms. The number of nitrogens with one attached hydrogen (secondary N) is 1. The Morgan fingerprint density at radius 1 is 1.00 bits per heavy atom. The topological polar surface area (TPSA) is 37.8 Å². The number of benzene rings is 1. The van der Waals surface area contributed by atoms with E-state index in [4.69, 9.17) is 0 Å². The summed E-state index contributed by atoms with van der Waals surface area (Å²) in [4.78, 5) is 8.40. The van der Waals surface area contributed by atoms with E-state index >= 15 is 0 Å². The minimum absolute atomic E-state index is 0.645. The highest BCUT2D eigenvalue weighted by Gasteiger charge is 1.98. The molecule has 0 saturated heterocycles. The number of anilines is 1. The molecule has 0 unspecified atom stereocenters. The molecule has 1 heterocycles. The third-order valence-electron chi connectivity index (χ3n) is 1.95. The molecular weight excluding hydrogens is 198 g/mol. The van der Waals surface area contributed by atoms with Crippen LogP contribution < -0.4 is 5.32 Å². The molecule has 0 aliphatic rings. The van der Waals surface area contributed by atoms with Gasteiger partial charge in [-0.05, 0) is 6.07 Å². The molecule has 3 nitrogen and oxygen atoms in total. The molecule has 0 fully saturated rings. The Morgan fingerprint density at radius 3 is 2.31 bits per heavy atom. The van der Waals surface area contributed by atoms with Crippen molar-refractivity contribution in [2.45, 2.75) is 13.8 Å². The normalized spacial score (nSPS) is 8.94. The van der Waals surface area contributed by atoms with Crippen molar-refractivity contribution in [2.24, 2.45) is 0 Å². The maximum atomic E-state index is 4.34. The number of nitrogens with zero attached hydrogens (tertiary/aromatic N) is 2. The average molecular weight is 215 g/mol. The quantitative estimate of drug-likeness (QED) is 0.835. The predicted octanol–water partition coefficient (Wildman–Crippen LogP) is 3.21. The first kappa shape index (κ1) is 12.2. The van der Waals surface area contributed by atoms with Gasteiger partial charge in [0.2, 0.25) is 5.95 Å². The third kappa shape index (κ3) is 3.05. The van der Waals surface area contributed by atoms with Crippen molar-refractivity contribution in [3.05, 3.63) is 42.6 Å². The van der Waals surface area contributed by atoms with E-state index in [1.165, 1.54) is 0 Å². The lowest BCUT2D eigenvalue weighted by Crippen LogP contribution is -1.96. The summed E-state index contributed by atoms with van der Waals surface area (Å²) in [7, 11) is 1.81. The number of hydrogen-bond donors (Lipinski definition) is 1. The summed E-state index contributed by atoms with van der Waals surface area (Å²) in [6.45, 7) is 4.00. The smallest absolute Gasteiger partial charge is 0.222 e. The van der Waals surface area contributed by atoms with Crippen LogP contribution in [0.3, 0.4) is 0 Å². The van der Waals surface area contributed by atoms with Crippen LogP contribution in [0.4, 0.5) is 5.95 Å². The van der Waals surface area contributed by atoms with Crippen LogP contribution in [0.5, 0.6) is 0 Å². The van der Waals surface area contributed by atoms with Gasteiger partial charge in [0.15, 0.2) is 0 Å². The second kappa shape index (κ2) is 6.56. The van der Waals surface area contributed by atoms with Gasteiger partial charge in [-0.2, -0.15) is 0 Å². The zero-order valence-corrected chi connectivity index (χ0v) is 9.94. The second-order valence-corrected chi connectivity index (χ2v) is 2.88. The molecule has 2 rings (SSSR count). The minimum Gasteiger partial charge on any atom is -0.357 e. The first-order chi connectivity index (χ1) is 7.90. The maximum Gasteiger partial charge on any atom is 0.222 e. The van der Waals surface area contributed by atoms with Crippen molar-refractivity contribution in [1.82, 2.24) is 9.97 Å². The molecule has 0 saturated carbocycles. The molecule has 1 N–H and O–H groups in total. The summed E-state index contributed by atoms with van der Waals surface area (Å²) >= 11 is 0. The lowest BCUT2D eigenvalue weighted by Gasteiger charge is -2.02. The third-order valence-corrected chi connectivity index (χ3v) is 1.95. The highest BCUT2D eigenvalue weighted by Crippen LogP contribution is 2.16. The number of aromatic nitrogens is 2. The van der Waals surface area contributed by atoms with Crippen LogP contribution in [-0.4, -0.2) is 17.0 Å². The summed E-state index contributed by atoms with van der Waals surface area (Å²) in [5.74, 6) is 0.645. The molecule has 1 aromatic carbocycles. The van der Waals surface area contributed by atoms with Gasteiger partial charge in [-0.15, -0.1) is 0 Å². The van der Waals surface area contributed by atoms with Crippen LogP contribution >= 0.6 is 0 Å². The molecule has 0 bridgehead atoms. The zero-order valence-electron chi connectivity index (χ0n) is 9.94. The van der Waals surface area contributed by atoms with Crippen LogP contribution in [0.25, 0.3) is 11.3 Å². The van der Waals surface area contributed by atoms with E-state index in [2.05, 4.69) is 15.3 Å². The van der Waals surface area contributed by atoms with Crippen LogP contribution in [0.15, 0.2) is 42.6 Å². The van der Waals surface area contributed by atoms with Crippen molar-refractivity contribution in [1.29, 1.82) is 0 Å². The molecule has 0 amide bonds. The van der Waals surface area contributed by atoms with E-state index in [-0.39, 0.29) is 0 Å². The lowest BCUT2D eigenvalue weighted by atomic mass is 10.1. The van der Waals surface area contributed by atoms with Gasteiger partial charge in [0, 0.05) is 18.8 Å². The minimum atomic E-state index is 0.645. The van der Waals surface area contributed by atoms with Crippen molar-refractivity contribution >= 4 is 5.95 Å². The fourth-order valence-corrected chi connectivity index (χ4v) is 1.25. The van der Waals surface area contributed by atoms with Gasteiger partial charge in [-0.3, -0.25) is 0 Å². The second-order valence-electron chi connectivity index (χ2n) is 2.88. The van der Waals surface area contributed by atoms with Gasteiger partial charge in [-0.1, -0.05) is 44.2 Å². The molecule has 0 aliphatic heterocycles. The summed E-state index contributed by atoms with van der Waals surface area (Å²) in [6.07, 6.45) is 1.75. The molecule has 1 aromatic heterocycles. The Hall–Kier alpha value is -1.90. The van der Waals surface area contributed by atoms with Crippen LogP contribution in [-0.2, 0) is 0 Å². The molecule has 2 aromatic rings. The van der Waals surface area contributed by atoms with E-state index < -0.39 is 0 Å². The van der Waals surface area contributed by atoms with Crippen molar-refractivity contribution in [3.8, 4) is 11.3 Å². The SMILES string of the molecule is CC.CNc1nccc(-c2ccccc2)n1. The first-order valence-corrected chi connectivity index (χ1v) is 5.46. The number of rotatable bonds is 2. The summed E-state index contributed by atoms with van der Waals surface area (Å²) in [5, 5.41) is 2.91. The number of hydrogen-bond acceptors (Lipinski definition) is 3. The summed E-state index contributed by atoms with van der Waals surface area (Å²) in [5.41, 5.74) is 2.04. The Kier molecular flexibility index (Phi) is 4.99. The molecule has 0 spiro atoms. The standard InChI is InChI=1S/C11H11N3.C2H6/c1-12-11-13-8-7-10(14-11)9-5-3-2-4-6-9;1-2/h2-8H,1H3,(H,12,13,14);1-2H3. The highest BCUT2D eigenvalue weighted by molar-refractivity contribution is 5.59. The van der Waals surface area contributed by atoms with Crippen LogP contribution in [0.1, 0.15) is 13.8 Å². The molecule has 0 aliphatic carbocycles. The molecule has 0 radical (unpaired) electrons. The van der Waals surface area contributed by atoms with E-state index in [1.807, 2.05) is 57.3 Å². The molecule has 0 atom stereocenters. The Balaban J connectivity index is 0.000000606. The van der Waals surface area contributed by atoms with Crippen molar-refractivity contribution < 1.29 is 0 Å². The van der Waals surface area contributed by atoms with Gasteiger partial charge >= 0.3 is 0 Å². The van der Waals surface area contributed by atoms with Gasteiger partial charge < -0.3 is 5.32 Å². The lowest BCUT2D eigenvalue weighted by molar-refractivity contribution is 1.15. The summed E-state index contributed by atoms with van der Waals surface area (Å²) < 4.78 is 0. The van der Waals surface area contributed by atoms with Gasteiger partial charge in [0.05, 0.1) is 5.69 Å². The first-order valence-electron chi connectivity index (χ1n) is 5.46. The van der Waals surface area contributed by atoms with Crippen LogP contribution in [0, 0.1) is 0 Å². The average Bonchev–Trinajstić information content (AvgIpc) is 2.42. The van der Waals surface area contributed by atoms with Gasteiger partial charge in [0.1, 0.15) is 0 Å². The van der Waals surface area contributed by atoms with Gasteiger partial charge in [0.25, 0.3) is 0 Å². The van der Waals surface area contributed by atoms with Gasteiger partial charge in [-0.25, -0.2) is 9.97 Å². The van der Waals surface area contributed by atoms with E-state index in [9.17, 15) is 0 Å². The summed E-state index contributed by atoms with van der Waals surface area (Å²) in [6, 6.07) is 11.9.